The fourth-order valence-electron chi connectivity index (χ4n) is 2.54. The number of rotatable bonds is 2. The number of hydrogen-bond acceptors (Lipinski definition) is 3. The molecule has 1 aliphatic rings. The van der Waals surface area contributed by atoms with Crippen molar-refractivity contribution in [3.05, 3.63) is 29.3 Å². The van der Waals surface area contributed by atoms with Gasteiger partial charge in [0, 0.05) is 18.8 Å². The summed E-state index contributed by atoms with van der Waals surface area (Å²) in [6, 6.07) is 3.31. The lowest BCUT2D eigenvalue weighted by atomic mass is 10.0. The van der Waals surface area contributed by atoms with Crippen LogP contribution in [0.15, 0.2) is 18.2 Å². The molecule has 2 rings (SSSR count). The van der Waals surface area contributed by atoms with Gasteiger partial charge in [0.1, 0.15) is 0 Å². The van der Waals surface area contributed by atoms with Crippen LogP contribution >= 0.6 is 0 Å². The van der Waals surface area contributed by atoms with Gasteiger partial charge in [-0.25, -0.2) is 4.79 Å². The Bertz CT molecular complexity index is 535. The summed E-state index contributed by atoms with van der Waals surface area (Å²) in [5, 5.41) is 8.88. The van der Waals surface area contributed by atoms with Gasteiger partial charge in [-0.15, -0.1) is 0 Å². The van der Waals surface area contributed by atoms with Gasteiger partial charge >= 0.3 is 12.1 Å². The van der Waals surface area contributed by atoms with Crippen molar-refractivity contribution in [2.75, 3.05) is 18.0 Å². The Balaban J connectivity index is 2.40. The first-order chi connectivity index (χ1) is 9.68. The average molecular weight is 303 g/mol. The Morgan fingerprint density at radius 3 is 2.33 bits per heavy atom. The zero-order chi connectivity index (χ0) is 15.8. The number of morpholine rings is 1. The molecular weight excluding hydrogens is 287 g/mol. The molecule has 0 amide bonds. The Labute approximate surface area is 120 Å². The Kier molecular flexibility index (Phi) is 4.13. The molecule has 1 N–H and O–H groups in total. The van der Waals surface area contributed by atoms with E-state index in [-0.39, 0.29) is 12.2 Å². The van der Waals surface area contributed by atoms with Crippen molar-refractivity contribution in [2.24, 2.45) is 0 Å². The molecule has 1 aromatic rings. The Hall–Kier alpha value is -1.76. The fourth-order valence-corrected chi connectivity index (χ4v) is 2.54. The van der Waals surface area contributed by atoms with E-state index >= 15 is 0 Å². The van der Waals surface area contributed by atoms with Gasteiger partial charge in [-0.05, 0) is 32.0 Å². The van der Waals surface area contributed by atoms with Crippen molar-refractivity contribution in [1.82, 2.24) is 0 Å². The average Bonchev–Trinajstić information content (AvgIpc) is 2.35. The van der Waals surface area contributed by atoms with Gasteiger partial charge in [-0.2, -0.15) is 13.2 Å². The normalized spacial score (nSPS) is 23.2. The predicted octanol–water partition coefficient (Wildman–Crippen LogP) is 3.02. The smallest absolute Gasteiger partial charge is 0.417 e. The van der Waals surface area contributed by atoms with Gasteiger partial charge in [0.25, 0.3) is 0 Å². The third-order valence-corrected chi connectivity index (χ3v) is 3.32. The second-order valence-electron chi connectivity index (χ2n) is 5.20. The molecule has 0 aliphatic carbocycles. The van der Waals surface area contributed by atoms with Crippen LogP contribution in [0, 0.1) is 0 Å². The maximum absolute atomic E-state index is 13.0. The third-order valence-electron chi connectivity index (χ3n) is 3.32. The van der Waals surface area contributed by atoms with Crippen molar-refractivity contribution in [3.8, 4) is 0 Å². The highest BCUT2D eigenvalue weighted by Crippen LogP contribution is 2.35. The summed E-state index contributed by atoms with van der Waals surface area (Å²) >= 11 is 0. The first-order valence-corrected chi connectivity index (χ1v) is 6.53. The van der Waals surface area contributed by atoms with Gasteiger partial charge in [-0.1, -0.05) is 0 Å². The summed E-state index contributed by atoms with van der Waals surface area (Å²) in [6.07, 6.45) is -4.89. The molecule has 0 saturated carbocycles. The van der Waals surface area contributed by atoms with E-state index in [0.717, 1.165) is 12.1 Å². The van der Waals surface area contributed by atoms with Crippen LogP contribution in [0.1, 0.15) is 29.8 Å². The van der Waals surface area contributed by atoms with Crippen LogP contribution in [-0.4, -0.2) is 36.4 Å². The van der Waals surface area contributed by atoms with Crippen LogP contribution in [0.4, 0.5) is 18.9 Å². The minimum absolute atomic E-state index is 0.0952. The van der Waals surface area contributed by atoms with Crippen molar-refractivity contribution in [2.45, 2.75) is 32.2 Å². The largest absolute Gasteiger partial charge is 0.478 e. The highest BCUT2D eigenvalue weighted by atomic mass is 19.4. The number of carboxylic acid groups (broad SMARTS) is 1. The summed E-state index contributed by atoms with van der Waals surface area (Å²) in [4.78, 5) is 12.7. The third kappa shape index (κ3) is 3.47. The van der Waals surface area contributed by atoms with E-state index in [0.29, 0.717) is 18.8 Å². The van der Waals surface area contributed by atoms with E-state index in [2.05, 4.69) is 0 Å². The van der Waals surface area contributed by atoms with Crippen molar-refractivity contribution in [1.29, 1.82) is 0 Å². The highest BCUT2D eigenvalue weighted by molar-refractivity contribution is 5.90. The summed E-state index contributed by atoms with van der Waals surface area (Å²) in [6.45, 7) is 4.63. The van der Waals surface area contributed by atoms with E-state index in [9.17, 15) is 18.0 Å². The van der Waals surface area contributed by atoms with Crippen molar-refractivity contribution < 1.29 is 27.8 Å². The zero-order valence-corrected chi connectivity index (χ0v) is 11.6. The van der Waals surface area contributed by atoms with Crippen LogP contribution in [0.25, 0.3) is 0 Å². The minimum Gasteiger partial charge on any atom is -0.478 e. The number of carboxylic acids is 1. The second kappa shape index (κ2) is 5.55. The number of nitrogens with zero attached hydrogens (tertiary/aromatic N) is 1. The van der Waals surface area contributed by atoms with Gasteiger partial charge in [0.05, 0.1) is 23.3 Å². The molecule has 1 aliphatic heterocycles. The maximum atomic E-state index is 13.0. The molecule has 0 radical (unpaired) electrons. The van der Waals surface area contributed by atoms with Crippen LogP contribution in [0.3, 0.4) is 0 Å². The molecule has 1 fully saturated rings. The monoisotopic (exact) mass is 303 g/mol. The SMILES string of the molecule is CC1CN(c2ccc(C(=O)O)c(C(F)(F)F)c2)CC(C)O1. The number of alkyl halides is 3. The van der Waals surface area contributed by atoms with Gasteiger partial charge in [-0.3, -0.25) is 0 Å². The molecular formula is C14H16F3NO3. The lowest BCUT2D eigenvalue weighted by Gasteiger charge is -2.37. The van der Waals surface area contributed by atoms with Crippen LogP contribution in [0.2, 0.25) is 0 Å². The van der Waals surface area contributed by atoms with Crippen molar-refractivity contribution in [3.63, 3.8) is 0 Å². The van der Waals surface area contributed by atoms with Gasteiger partial charge < -0.3 is 14.7 Å². The quantitative estimate of drug-likeness (QED) is 0.912. The Morgan fingerprint density at radius 1 is 1.29 bits per heavy atom. The number of carbonyl (C=O) groups is 1. The van der Waals surface area contributed by atoms with E-state index < -0.39 is 23.3 Å². The molecule has 0 spiro atoms. The van der Waals surface area contributed by atoms with Crippen LogP contribution in [0.5, 0.6) is 0 Å². The zero-order valence-electron chi connectivity index (χ0n) is 11.6. The Morgan fingerprint density at radius 2 is 1.86 bits per heavy atom. The summed E-state index contributed by atoms with van der Waals surface area (Å²) in [5.74, 6) is -1.59. The first kappa shape index (κ1) is 15.6. The van der Waals surface area contributed by atoms with E-state index in [1.54, 1.807) is 4.90 Å². The molecule has 4 nitrogen and oxygen atoms in total. The number of anilines is 1. The van der Waals surface area contributed by atoms with E-state index in [1.807, 2.05) is 13.8 Å². The minimum atomic E-state index is -4.70. The molecule has 0 bridgehead atoms. The number of ether oxygens (including phenoxy) is 1. The molecule has 1 saturated heterocycles. The number of aromatic carboxylic acids is 1. The summed E-state index contributed by atoms with van der Waals surface area (Å²) in [7, 11) is 0. The van der Waals surface area contributed by atoms with E-state index in [4.69, 9.17) is 9.84 Å². The molecule has 21 heavy (non-hydrogen) atoms. The van der Waals surface area contributed by atoms with Crippen LogP contribution in [-0.2, 0) is 10.9 Å². The maximum Gasteiger partial charge on any atom is 0.417 e. The summed E-state index contributed by atoms with van der Waals surface area (Å²) in [5.41, 5.74) is -1.51. The van der Waals surface area contributed by atoms with Gasteiger partial charge in [0.2, 0.25) is 0 Å². The lowest BCUT2D eigenvalue weighted by Crippen LogP contribution is -2.45. The summed E-state index contributed by atoms with van der Waals surface area (Å²) < 4.78 is 44.5. The number of benzene rings is 1. The lowest BCUT2D eigenvalue weighted by molar-refractivity contribution is -0.138. The molecule has 116 valence electrons. The molecule has 1 heterocycles. The molecule has 7 heteroatoms. The van der Waals surface area contributed by atoms with Crippen LogP contribution < -0.4 is 4.90 Å². The highest BCUT2D eigenvalue weighted by Gasteiger charge is 2.36. The number of halogens is 3. The second-order valence-corrected chi connectivity index (χ2v) is 5.20. The number of hydrogen-bond donors (Lipinski definition) is 1. The topological polar surface area (TPSA) is 49.8 Å². The first-order valence-electron chi connectivity index (χ1n) is 6.53. The predicted molar refractivity (Wildman–Crippen MR) is 70.6 cm³/mol. The fraction of sp³-hybridized carbons (Fsp3) is 0.500. The van der Waals surface area contributed by atoms with Crippen molar-refractivity contribution >= 4 is 11.7 Å². The molecule has 2 atom stereocenters. The molecule has 1 aromatic carbocycles. The van der Waals surface area contributed by atoms with Gasteiger partial charge in [0.15, 0.2) is 0 Å². The molecule has 0 aromatic heterocycles. The van der Waals surface area contributed by atoms with E-state index in [1.165, 1.54) is 6.07 Å². The molecule has 2 unspecified atom stereocenters. The standard InChI is InChI=1S/C14H16F3NO3/c1-8-6-18(7-9(2)21-8)10-3-4-11(13(19)20)12(5-10)14(15,16)17/h3-5,8-9H,6-7H2,1-2H3,(H,19,20).